The molecule has 0 radical (unpaired) electrons. The SMILES string of the molecule is COc1ccc2nc(-c3cccnc3)nc(Nc3ccccc3C(=O)NCc3ccc(F)cc3)c2c1. The minimum atomic E-state index is -0.320. The van der Waals surface area contributed by atoms with Crippen molar-refractivity contribution in [3.63, 3.8) is 0 Å². The fraction of sp³-hybridized carbons (Fsp3) is 0.0714. The molecule has 0 unspecified atom stereocenters. The van der Waals surface area contributed by atoms with E-state index in [9.17, 15) is 9.18 Å². The zero-order valence-corrected chi connectivity index (χ0v) is 19.4. The Morgan fingerprint density at radius 3 is 2.58 bits per heavy atom. The van der Waals surface area contributed by atoms with Gasteiger partial charge in [0.2, 0.25) is 0 Å². The Morgan fingerprint density at radius 2 is 1.81 bits per heavy atom. The smallest absolute Gasteiger partial charge is 0.253 e. The van der Waals surface area contributed by atoms with Crippen LogP contribution in [0.15, 0.2) is 91.3 Å². The summed E-state index contributed by atoms with van der Waals surface area (Å²) in [5, 5.41) is 6.96. The van der Waals surface area contributed by atoms with E-state index in [1.165, 1.54) is 12.1 Å². The van der Waals surface area contributed by atoms with E-state index >= 15 is 0 Å². The number of hydrogen-bond acceptors (Lipinski definition) is 6. The van der Waals surface area contributed by atoms with Crippen LogP contribution in [0, 0.1) is 5.82 Å². The Hall–Kier alpha value is -4.85. The molecule has 5 rings (SSSR count). The number of pyridine rings is 1. The van der Waals surface area contributed by atoms with Crippen molar-refractivity contribution in [1.29, 1.82) is 0 Å². The Kier molecular flexibility index (Phi) is 6.48. The van der Waals surface area contributed by atoms with Crippen LogP contribution in [-0.4, -0.2) is 28.0 Å². The van der Waals surface area contributed by atoms with Crippen LogP contribution in [0.4, 0.5) is 15.9 Å². The van der Waals surface area contributed by atoms with Crippen molar-refractivity contribution >= 4 is 28.3 Å². The van der Waals surface area contributed by atoms with E-state index in [1.54, 1.807) is 43.8 Å². The van der Waals surface area contributed by atoms with Crippen molar-refractivity contribution in [2.75, 3.05) is 12.4 Å². The van der Waals surface area contributed by atoms with E-state index in [2.05, 4.69) is 15.6 Å². The molecule has 2 heterocycles. The van der Waals surface area contributed by atoms with Crippen LogP contribution in [0.2, 0.25) is 0 Å². The number of halogens is 1. The van der Waals surface area contributed by atoms with Crippen molar-refractivity contribution in [2.45, 2.75) is 6.54 Å². The molecule has 0 aliphatic heterocycles. The first kappa shape index (κ1) is 22.9. The number of nitrogens with zero attached hydrogens (tertiary/aromatic N) is 3. The standard InChI is InChI=1S/C28H22FN5O2/c1-36-21-12-13-25-23(15-21)27(34-26(32-25)19-5-4-14-30-17-19)33-24-7-3-2-6-22(24)28(35)31-16-18-8-10-20(29)11-9-18/h2-15,17H,16H2,1H3,(H,31,35)(H,32,33,34). The van der Waals surface area contributed by atoms with Crippen molar-refractivity contribution in [2.24, 2.45) is 0 Å². The predicted octanol–water partition coefficient (Wildman–Crippen LogP) is 5.51. The summed E-state index contributed by atoms with van der Waals surface area (Å²) in [6.07, 6.45) is 3.39. The molecule has 0 aliphatic carbocycles. The lowest BCUT2D eigenvalue weighted by Gasteiger charge is -2.15. The lowest BCUT2D eigenvalue weighted by Crippen LogP contribution is -2.23. The number of fused-ring (bicyclic) bond motifs is 1. The topological polar surface area (TPSA) is 89.0 Å². The molecule has 1 amide bonds. The van der Waals surface area contributed by atoms with Gasteiger partial charge in [0.25, 0.3) is 5.91 Å². The lowest BCUT2D eigenvalue weighted by molar-refractivity contribution is 0.0951. The van der Waals surface area contributed by atoms with E-state index in [0.717, 1.165) is 16.5 Å². The van der Waals surface area contributed by atoms with Gasteiger partial charge in [-0.3, -0.25) is 9.78 Å². The number of carbonyl (C=O) groups is 1. The first-order chi connectivity index (χ1) is 17.6. The Morgan fingerprint density at radius 1 is 0.972 bits per heavy atom. The summed E-state index contributed by atoms with van der Waals surface area (Å²) in [7, 11) is 1.60. The molecule has 0 spiro atoms. The molecule has 0 saturated carbocycles. The maximum atomic E-state index is 13.2. The zero-order chi connectivity index (χ0) is 24.9. The number of benzene rings is 3. The lowest BCUT2D eigenvalue weighted by atomic mass is 10.1. The number of ether oxygens (including phenoxy) is 1. The van der Waals surface area contributed by atoms with Crippen molar-refractivity contribution in [1.82, 2.24) is 20.3 Å². The third-order valence-corrected chi connectivity index (χ3v) is 5.61. The number of nitrogens with one attached hydrogen (secondary N) is 2. The number of hydrogen-bond donors (Lipinski definition) is 2. The third kappa shape index (κ3) is 4.97. The van der Waals surface area contributed by atoms with Crippen LogP contribution in [0.3, 0.4) is 0 Å². The Labute approximate surface area is 207 Å². The highest BCUT2D eigenvalue weighted by Gasteiger charge is 2.15. The number of anilines is 2. The number of aromatic nitrogens is 3. The van der Waals surface area contributed by atoms with Crippen molar-refractivity contribution < 1.29 is 13.9 Å². The normalized spacial score (nSPS) is 10.7. The second-order valence-corrected chi connectivity index (χ2v) is 8.00. The third-order valence-electron chi connectivity index (χ3n) is 5.61. The van der Waals surface area contributed by atoms with E-state index < -0.39 is 0 Å². The summed E-state index contributed by atoms with van der Waals surface area (Å²) in [5.41, 5.74) is 3.30. The second kappa shape index (κ2) is 10.2. The molecule has 178 valence electrons. The van der Waals surface area contributed by atoms with Crippen LogP contribution < -0.4 is 15.4 Å². The fourth-order valence-corrected chi connectivity index (χ4v) is 3.75. The van der Waals surface area contributed by atoms with Crippen LogP contribution in [0.5, 0.6) is 5.75 Å². The zero-order valence-electron chi connectivity index (χ0n) is 19.4. The molecule has 2 aromatic heterocycles. The summed E-state index contributed by atoms with van der Waals surface area (Å²) >= 11 is 0. The number of amides is 1. The number of methoxy groups -OCH3 is 1. The largest absolute Gasteiger partial charge is 0.497 e. The number of carbonyl (C=O) groups excluding carboxylic acids is 1. The molecule has 3 aromatic carbocycles. The quantitative estimate of drug-likeness (QED) is 0.320. The summed E-state index contributed by atoms with van der Waals surface area (Å²) in [5.74, 6) is 1.09. The molecule has 7 nitrogen and oxygen atoms in total. The van der Waals surface area contributed by atoms with Gasteiger partial charge < -0.3 is 15.4 Å². The maximum Gasteiger partial charge on any atom is 0.253 e. The molecule has 0 saturated heterocycles. The first-order valence-electron chi connectivity index (χ1n) is 11.3. The predicted molar refractivity (Wildman–Crippen MR) is 137 cm³/mol. The fourth-order valence-electron chi connectivity index (χ4n) is 3.75. The first-order valence-corrected chi connectivity index (χ1v) is 11.3. The molecular weight excluding hydrogens is 457 g/mol. The average molecular weight is 480 g/mol. The highest BCUT2D eigenvalue weighted by molar-refractivity contribution is 6.02. The molecule has 0 fully saturated rings. The van der Waals surface area contributed by atoms with Gasteiger partial charge in [-0.15, -0.1) is 0 Å². The number of rotatable bonds is 7. The van der Waals surface area contributed by atoms with Crippen molar-refractivity contribution in [3.8, 4) is 17.1 Å². The van der Waals surface area contributed by atoms with Crippen LogP contribution in [0.25, 0.3) is 22.3 Å². The van der Waals surface area contributed by atoms with E-state index in [1.807, 2.05) is 42.5 Å². The van der Waals surface area contributed by atoms with Gasteiger partial charge >= 0.3 is 0 Å². The second-order valence-electron chi connectivity index (χ2n) is 8.00. The minimum Gasteiger partial charge on any atom is -0.497 e. The minimum absolute atomic E-state index is 0.270. The van der Waals surface area contributed by atoms with Gasteiger partial charge in [-0.25, -0.2) is 14.4 Å². The number of para-hydroxylation sites is 1. The Balaban J connectivity index is 1.50. The van der Waals surface area contributed by atoms with E-state index in [4.69, 9.17) is 14.7 Å². The molecule has 5 aromatic rings. The van der Waals surface area contributed by atoms with Gasteiger partial charge in [0.1, 0.15) is 17.4 Å². The van der Waals surface area contributed by atoms with Crippen LogP contribution in [0.1, 0.15) is 15.9 Å². The van der Waals surface area contributed by atoms with E-state index in [-0.39, 0.29) is 18.3 Å². The molecular formula is C28H22FN5O2. The van der Waals surface area contributed by atoms with Gasteiger partial charge in [0.05, 0.1) is 23.9 Å². The van der Waals surface area contributed by atoms with Gasteiger partial charge in [-0.2, -0.15) is 0 Å². The van der Waals surface area contributed by atoms with Crippen LogP contribution >= 0.6 is 0 Å². The summed E-state index contributed by atoms with van der Waals surface area (Å²) in [6, 6.07) is 22.4. The summed E-state index contributed by atoms with van der Waals surface area (Å²) < 4.78 is 18.6. The molecule has 0 bridgehead atoms. The maximum absolute atomic E-state index is 13.2. The summed E-state index contributed by atoms with van der Waals surface area (Å²) in [6.45, 7) is 0.270. The van der Waals surface area contributed by atoms with Gasteiger partial charge in [0.15, 0.2) is 5.82 Å². The molecule has 36 heavy (non-hydrogen) atoms. The van der Waals surface area contributed by atoms with Gasteiger partial charge in [-0.1, -0.05) is 24.3 Å². The van der Waals surface area contributed by atoms with Gasteiger partial charge in [-0.05, 0) is 60.2 Å². The molecule has 2 N–H and O–H groups in total. The molecule has 8 heteroatoms. The highest BCUT2D eigenvalue weighted by atomic mass is 19.1. The highest BCUT2D eigenvalue weighted by Crippen LogP contribution is 2.31. The summed E-state index contributed by atoms with van der Waals surface area (Å²) in [4.78, 5) is 26.7. The Bertz CT molecular complexity index is 1530. The van der Waals surface area contributed by atoms with Crippen molar-refractivity contribution in [3.05, 3.63) is 108 Å². The van der Waals surface area contributed by atoms with Gasteiger partial charge in [0, 0.05) is 29.9 Å². The molecule has 0 atom stereocenters. The molecule has 0 aliphatic rings. The van der Waals surface area contributed by atoms with Crippen LogP contribution in [-0.2, 0) is 6.54 Å². The monoisotopic (exact) mass is 479 g/mol. The van der Waals surface area contributed by atoms with E-state index in [0.29, 0.717) is 34.2 Å². The average Bonchev–Trinajstić information content (AvgIpc) is 2.93.